The highest BCUT2D eigenvalue weighted by Crippen LogP contribution is 2.32. The van der Waals surface area contributed by atoms with Crippen molar-refractivity contribution in [1.29, 1.82) is 0 Å². The molecule has 1 saturated carbocycles. The smallest absolute Gasteiger partial charge is 0.426 e. The van der Waals surface area contributed by atoms with Crippen molar-refractivity contribution in [1.82, 2.24) is 0 Å². The summed E-state index contributed by atoms with van der Waals surface area (Å²) in [5.74, 6) is -5.02. The Morgan fingerprint density at radius 3 is 1.37 bits per heavy atom. The first-order valence-electron chi connectivity index (χ1n) is 9.40. The maximum absolute atomic E-state index is 12.3. The molecule has 12 heteroatoms. The summed E-state index contributed by atoms with van der Waals surface area (Å²) < 4.78 is 27.7. The Morgan fingerprint density at radius 1 is 0.667 bits per heavy atom. The summed E-state index contributed by atoms with van der Waals surface area (Å²) in [7, 11) is 0. The molecule has 30 heavy (non-hydrogen) atoms. The molecule has 0 aromatic heterocycles. The molecule has 0 spiro atoms. The number of rotatable bonds is 8. The molecule has 2 heterocycles. The van der Waals surface area contributed by atoms with Gasteiger partial charge in [0.1, 0.15) is 12.2 Å². The molecular weight excluding hydrogens is 408 g/mol. The Hall–Kier alpha value is -2.86. The van der Waals surface area contributed by atoms with Crippen LogP contribution in [-0.2, 0) is 47.6 Å². The Bertz CT molecular complexity index is 673. The molecule has 3 aliphatic rings. The van der Waals surface area contributed by atoms with Gasteiger partial charge in [-0.25, -0.2) is 9.59 Å². The summed E-state index contributed by atoms with van der Waals surface area (Å²) in [5, 5.41) is 0. The third kappa shape index (κ3) is 6.32. The van der Waals surface area contributed by atoms with Gasteiger partial charge < -0.3 is 28.4 Å². The SMILES string of the molecule is O=C(OCC(=O)C1CO1)OC(=O)C1CCCCC1C(=O)OC(=O)OCC(=O)C1CO1. The van der Waals surface area contributed by atoms with Crippen molar-refractivity contribution >= 4 is 35.8 Å². The van der Waals surface area contributed by atoms with E-state index in [4.69, 9.17) is 9.47 Å². The molecule has 2 aliphatic heterocycles. The number of epoxide rings is 2. The van der Waals surface area contributed by atoms with Gasteiger partial charge in [0.15, 0.2) is 13.2 Å². The summed E-state index contributed by atoms with van der Waals surface area (Å²) in [4.78, 5) is 70.6. The topological polar surface area (TPSA) is 164 Å². The summed E-state index contributed by atoms with van der Waals surface area (Å²) in [6.45, 7) is -0.674. The van der Waals surface area contributed by atoms with Crippen LogP contribution in [0.2, 0.25) is 0 Å². The van der Waals surface area contributed by atoms with E-state index in [0.717, 1.165) is 0 Å². The van der Waals surface area contributed by atoms with Gasteiger partial charge in [0.2, 0.25) is 11.6 Å². The van der Waals surface area contributed by atoms with Crippen LogP contribution in [0.5, 0.6) is 0 Å². The van der Waals surface area contributed by atoms with Gasteiger partial charge >= 0.3 is 24.2 Å². The molecular formula is C18H20O12. The van der Waals surface area contributed by atoms with Crippen molar-refractivity contribution in [2.75, 3.05) is 26.4 Å². The van der Waals surface area contributed by atoms with E-state index in [1.807, 2.05) is 0 Å². The van der Waals surface area contributed by atoms with Crippen LogP contribution in [0.15, 0.2) is 0 Å². The van der Waals surface area contributed by atoms with Gasteiger partial charge in [0.25, 0.3) is 0 Å². The lowest BCUT2D eigenvalue weighted by atomic mass is 9.79. The van der Waals surface area contributed by atoms with Crippen molar-refractivity contribution < 1.29 is 57.2 Å². The van der Waals surface area contributed by atoms with Crippen LogP contribution in [0.25, 0.3) is 0 Å². The van der Waals surface area contributed by atoms with Gasteiger partial charge in [0.05, 0.1) is 25.0 Å². The van der Waals surface area contributed by atoms with E-state index in [0.29, 0.717) is 12.8 Å². The quantitative estimate of drug-likeness (QED) is 0.291. The van der Waals surface area contributed by atoms with Gasteiger partial charge in [-0.2, -0.15) is 0 Å². The molecule has 2 saturated heterocycles. The molecule has 0 aromatic carbocycles. The zero-order valence-corrected chi connectivity index (χ0v) is 15.9. The Balaban J connectivity index is 1.44. The van der Waals surface area contributed by atoms with Crippen molar-refractivity contribution in [3.8, 4) is 0 Å². The predicted molar refractivity (Wildman–Crippen MR) is 89.8 cm³/mol. The second-order valence-corrected chi connectivity index (χ2v) is 6.99. The lowest BCUT2D eigenvalue weighted by molar-refractivity contribution is -0.158. The fourth-order valence-corrected chi connectivity index (χ4v) is 2.98. The van der Waals surface area contributed by atoms with Crippen LogP contribution in [0.1, 0.15) is 25.7 Å². The number of ether oxygens (including phenoxy) is 6. The minimum Gasteiger partial charge on any atom is -0.426 e. The van der Waals surface area contributed by atoms with Crippen LogP contribution in [0.4, 0.5) is 9.59 Å². The van der Waals surface area contributed by atoms with Crippen molar-refractivity contribution in [3.05, 3.63) is 0 Å². The van der Waals surface area contributed by atoms with Gasteiger partial charge in [-0.1, -0.05) is 12.8 Å². The number of carbonyl (C=O) groups excluding carboxylic acids is 6. The predicted octanol–water partition coefficient (Wildman–Crippen LogP) is 0.0882. The molecule has 0 amide bonds. The summed E-state index contributed by atoms with van der Waals surface area (Å²) in [5.41, 5.74) is 0. The Kier molecular flexibility index (Phi) is 7.11. The van der Waals surface area contributed by atoms with Gasteiger partial charge in [-0.05, 0) is 12.8 Å². The fraction of sp³-hybridized carbons (Fsp3) is 0.667. The third-order valence-electron chi connectivity index (χ3n) is 4.79. The van der Waals surface area contributed by atoms with Crippen LogP contribution < -0.4 is 0 Å². The molecule has 3 rings (SSSR count). The minimum absolute atomic E-state index is 0.229. The number of esters is 2. The van der Waals surface area contributed by atoms with E-state index in [1.54, 1.807) is 0 Å². The molecule has 164 valence electrons. The second-order valence-electron chi connectivity index (χ2n) is 6.99. The number of hydrogen-bond donors (Lipinski definition) is 0. The highest BCUT2D eigenvalue weighted by molar-refractivity contribution is 5.92. The highest BCUT2D eigenvalue weighted by Gasteiger charge is 2.40. The molecule has 0 N–H and O–H groups in total. The van der Waals surface area contributed by atoms with E-state index in [-0.39, 0.29) is 26.1 Å². The highest BCUT2D eigenvalue weighted by atomic mass is 16.7. The van der Waals surface area contributed by atoms with Gasteiger partial charge in [-0.15, -0.1) is 0 Å². The average Bonchev–Trinajstić information content (AvgIpc) is 3.62. The summed E-state index contributed by atoms with van der Waals surface area (Å²) >= 11 is 0. The zero-order valence-electron chi connectivity index (χ0n) is 15.9. The summed E-state index contributed by atoms with van der Waals surface area (Å²) in [6.07, 6.45) is -2.29. The van der Waals surface area contributed by atoms with Crippen LogP contribution in [0, 0.1) is 11.8 Å². The molecule has 4 unspecified atom stereocenters. The first-order valence-corrected chi connectivity index (χ1v) is 9.40. The molecule has 0 aromatic rings. The largest absolute Gasteiger partial charge is 0.516 e. The summed E-state index contributed by atoms with van der Waals surface area (Å²) in [6, 6.07) is 0. The lowest BCUT2D eigenvalue weighted by Gasteiger charge is -2.27. The first-order chi connectivity index (χ1) is 14.3. The van der Waals surface area contributed by atoms with E-state index in [1.165, 1.54) is 0 Å². The van der Waals surface area contributed by atoms with Crippen molar-refractivity contribution in [2.45, 2.75) is 37.9 Å². The molecule has 12 nitrogen and oxygen atoms in total. The van der Waals surface area contributed by atoms with Gasteiger partial charge in [0, 0.05) is 0 Å². The zero-order chi connectivity index (χ0) is 21.7. The minimum atomic E-state index is -1.37. The molecule has 0 bridgehead atoms. The standard InChI is InChI=1S/C18H20O12/c19-11(13-7-25-13)5-27-17(23)29-15(21)9-3-1-2-4-10(9)16(22)30-18(24)28-6-12(20)14-8-26-14/h9-10,13-14H,1-8H2. The maximum atomic E-state index is 12.3. The van der Waals surface area contributed by atoms with Crippen LogP contribution in [-0.4, -0.2) is 74.5 Å². The van der Waals surface area contributed by atoms with E-state index in [2.05, 4.69) is 18.9 Å². The van der Waals surface area contributed by atoms with Crippen molar-refractivity contribution in [2.24, 2.45) is 11.8 Å². The molecule has 4 atom stereocenters. The van der Waals surface area contributed by atoms with Gasteiger partial charge in [-0.3, -0.25) is 19.2 Å². The average molecular weight is 428 g/mol. The van der Waals surface area contributed by atoms with Crippen LogP contribution in [0.3, 0.4) is 0 Å². The Labute approximate surface area is 170 Å². The van der Waals surface area contributed by atoms with E-state index in [9.17, 15) is 28.8 Å². The monoisotopic (exact) mass is 428 g/mol. The second kappa shape index (κ2) is 9.76. The molecule has 1 aliphatic carbocycles. The van der Waals surface area contributed by atoms with Crippen LogP contribution >= 0.6 is 0 Å². The molecule has 0 radical (unpaired) electrons. The number of Topliss-reactive ketones (excluding diaryl/α,β-unsaturated/α-hetero) is 2. The van der Waals surface area contributed by atoms with Crippen molar-refractivity contribution in [3.63, 3.8) is 0 Å². The third-order valence-corrected chi connectivity index (χ3v) is 4.79. The lowest BCUT2D eigenvalue weighted by Crippen LogP contribution is -2.37. The van der Waals surface area contributed by atoms with E-state index >= 15 is 0 Å². The number of carbonyl (C=O) groups is 6. The van der Waals surface area contributed by atoms with E-state index < -0.39 is 73.1 Å². The Morgan fingerprint density at radius 2 is 1.03 bits per heavy atom. The first kappa shape index (κ1) is 21.8. The maximum Gasteiger partial charge on any atom is 0.516 e. The fourth-order valence-electron chi connectivity index (χ4n) is 2.98. The normalized spacial score (nSPS) is 26.7. The molecule has 3 fully saturated rings. The number of hydrogen-bond acceptors (Lipinski definition) is 12. The number of ketones is 2.